The Kier molecular flexibility index (Phi) is 5.99. The summed E-state index contributed by atoms with van der Waals surface area (Å²) in [6, 6.07) is 4.87. The second-order valence-corrected chi connectivity index (χ2v) is 4.77. The molecule has 0 spiro atoms. The lowest BCUT2D eigenvalue weighted by molar-refractivity contribution is 0.0941. The number of amides is 2. The normalized spacial score (nSPS) is 10.3. The van der Waals surface area contributed by atoms with Crippen molar-refractivity contribution in [3.63, 3.8) is 0 Å². The number of pyridine rings is 1. The van der Waals surface area contributed by atoms with Crippen molar-refractivity contribution in [2.24, 2.45) is 5.92 Å². The number of rotatable bonds is 6. The molecule has 0 saturated heterocycles. The first-order valence-corrected chi connectivity index (χ1v) is 6.58. The Morgan fingerprint density at radius 2 is 1.74 bits per heavy atom. The molecule has 2 amide bonds. The van der Waals surface area contributed by atoms with Crippen LogP contribution < -0.4 is 10.6 Å². The highest BCUT2D eigenvalue weighted by atomic mass is 16.2. The van der Waals surface area contributed by atoms with Gasteiger partial charge in [-0.05, 0) is 24.5 Å². The molecule has 104 valence electrons. The van der Waals surface area contributed by atoms with E-state index < -0.39 is 0 Å². The maximum Gasteiger partial charge on any atom is 0.269 e. The highest BCUT2D eigenvalue weighted by molar-refractivity contribution is 5.96. The number of hydrogen-bond acceptors (Lipinski definition) is 3. The topological polar surface area (TPSA) is 71.1 Å². The van der Waals surface area contributed by atoms with Gasteiger partial charge >= 0.3 is 0 Å². The Morgan fingerprint density at radius 1 is 1.16 bits per heavy atom. The molecule has 0 saturated carbocycles. The van der Waals surface area contributed by atoms with Crippen LogP contribution >= 0.6 is 0 Å². The third-order valence-corrected chi connectivity index (χ3v) is 2.42. The van der Waals surface area contributed by atoms with Gasteiger partial charge in [0.15, 0.2) is 0 Å². The molecular formula is C14H21N3O2. The van der Waals surface area contributed by atoms with Gasteiger partial charge in [0.1, 0.15) is 11.4 Å². The molecule has 0 aliphatic rings. The van der Waals surface area contributed by atoms with Crippen molar-refractivity contribution in [1.82, 2.24) is 15.6 Å². The molecule has 1 aromatic heterocycles. The Labute approximate surface area is 113 Å². The first kappa shape index (κ1) is 15.1. The zero-order valence-corrected chi connectivity index (χ0v) is 11.7. The van der Waals surface area contributed by atoms with Gasteiger partial charge < -0.3 is 10.6 Å². The van der Waals surface area contributed by atoms with E-state index in [0.717, 1.165) is 6.42 Å². The third kappa shape index (κ3) is 5.07. The van der Waals surface area contributed by atoms with Gasteiger partial charge in [0.2, 0.25) is 0 Å². The maximum absolute atomic E-state index is 11.8. The largest absolute Gasteiger partial charge is 0.351 e. The average molecular weight is 263 g/mol. The molecule has 1 rings (SSSR count). The predicted molar refractivity (Wildman–Crippen MR) is 74.0 cm³/mol. The van der Waals surface area contributed by atoms with Crippen LogP contribution in [0.1, 0.15) is 48.2 Å². The van der Waals surface area contributed by atoms with Gasteiger partial charge in [0, 0.05) is 13.1 Å². The Balaban J connectivity index is 2.71. The Hall–Kier alpha value is -1.91. The fourth-order valence-corrected chi connectivity index (χ4v) is 1.40. The van der Waals surface area contributed by atoms with E-state index in [4.69, 9.17) is 0 Å². The minimum absolute atomic E-state index is 0.250. The van der Waals surface area contributed by atoms with Gasteiger partial charge in [0.25, 0.3) is 11.8 Å². The second kappa shape index (κ2) is 7.51. The molecule has 1 aromatic rings. The summed E-state index contributed by atoms with van der Waals surface area (Å²) in [5, 5.41) is 5.51. The van der Waals surface area contributed by atoms with E-state index in [1.807, 2.05) is 20.8 Å². The van der Waals surface area contributed by atoms with Crippen LogP contribution in [0.3, 0.4) is 0 Å². The highest BCUT2D eigenvalue weighted by Gasteiger charge is 2.11. The monoisotopic (exact) mass is 263 g/mol. The van der Waals surface area contributed by atoms with Gasteiger partial charge in [-0.25, -0.2) is 4.98 Å². The van der Waals surface area contributed by atoms with E-state index in [0.29, 0.717) is 19.0 Å². The van der Waals surface area contributed by atoms with Crippen molar-refractivity contribution < 1.29 is 9.59 Å². The molecule has 0 fully saturated rings. The molecule has 19 heavy (non-hydrogen) atoms. The van der Waals surface area contributed by atoms with E-state index in [1.54, 1.807) is 18.2 Å². The lowest BCUT2D eigenvalue weighted by Gasteiger charge is -2.08. The number of hydrogen-bond donors (Lipinski definition) is 2. The zero-order chi connectivity index (χ0) is 14.3. The molecule has 0 aliphatic carbocycles. The summed E-state index contributed by atoms with van der Waals surface area (Å²) >= 11 is 0. The zero-order valence-electron chi connectivity index (χ0n) is 11.7. The number of nitrogens with zero attached hydrogens (tertiary/aromatic N) is 1. The van der Waals surface area contributed by atoms with E-state index in [1.165, 1.54) is 0 Å². The molecule has 1 heterocycles. The van der Waals surface area contributed by atoms with Gasteiger partial charge in [-0.15, -0.1) is 0 Å². The van der Waals surface area contributed by atoms with Gasteiger partial charge in [-0.2, -0.15) is 0 Å². The third-order valence-electron chi connectivity index (χ3n) is 2.42. The summed E-state index contributed by atoms with van der Waals surface area (Å²) in [4.78, 5) is 27.7. The van der Waals surface area contributed by atoms with E-state index >= 15 is 0 Å². The first-order valence-electron chi connectivity index (χ1n) is 6.58. The summed E-state index contributed by atoms with van der Waals surface area (Å²) in [6.07, 6.45) is 0.861. The van der Waals surface area contributed by atoms with E-state index in [9.17, 15) is 9.59 Å². The van der Waals surface area contributed by atoms with E-state index in [-0.39, 0.29) is 23.2 Å². The summed E-state index contributed by atoms with van der Waals surface area (Å²) in [7, 11) is 0. The van der Waals surface area contributed by atoms with Crippen molar-refractivity contribution in [3.05, 3.63) is 29.6 Å². The van der Waals surface area contributed by atoms with Crippen LogP contribution in [0.5, 0.6) is 0 Å². The van der Waals surface area contributed by atoms with Crippen LogP contribution in [0.25, 0.3) is 0 Å². The van der Waals surface area contributed by atoms with Crippen LogP contribution in [0.15, 0.2) is 18.2 Å². The maximum atomic E-state index is 11.8. The lowest BCUT2D eigenvalue weighted by atomic mass is 10.2. The Bertz CT molecular complexity index is 444. The smallest absolute Gasteiger partial charge is 0.269 e. The quantitative estimate of drug-likeness (QED) is 0.819. The number of nitrogens with one attached hydrogen (secondary N) is 2. The van der Waals surface area contributed by atoms with Crippen LogP contribution in [0.4, 0.5) is 0 Å². The number of aromatic nitrogens is 1. The van der Waals surface area contributed by atoms with Crippen LogP contribution in [-0.2, 0) is 0 Å². The molecule has 0 bridgehead atoms. The predicted octanol–water partition coefficient (Wildman–Crippen LogP) is 1.61. The summed E-state index contributed by atoms with van der Waals surface area (Å²) < 4.78 is 0. The van der Waals surface area contributed by atoms with E-state index in [2.05, 4.69) is 15.6 Å². The van der Waals surface area contributed by atoms with Crippen LogP contribution in [0.2, 0.25) is 0 Å². The first-order chi connectivity index (χ1) is 9.04. The fourth-order valence-electron chi connectivity index (χ4n) is 1.40. The number of carbonyl (C=O) groups is 2. The Morgan fingerprint density at radius 3 is 2.26 bits per heavy atom. The minimum Gasteiger partial charge on any atom is -0.351 e. The van der Waals surface area contributed by atoms with Crippen molar-refractivity contribution >= 4 is 11.8 Å². The SMILES string of the molecule is CCCNC(=O)c1cccc(C(=O)NCC(C)C)n1. The molecule has 0 atom stereocenters. The lowest BCUT2D eigenvalue weighted by Crippen LogP contribution is -2.29. The highest BCUT2D eigenvalue weighted by Crippen LogP contribution is 2.00. The van der Waals surface area contributed by atoms with Crippen molar-refractivity contribution in [2.75, 3.05) is 13.1 Å². The standard InChI is InChI=1S/C14H21N3O2/c1-4-8-15-13(18)11-6-5-7-12(17-11)14(19)16-9-10(2)3/h5-7,10H,4,8-9H2,1-3H3,(H,15,18)(H,16,19). The molecule has 5 nitrogen and oxygen atoms in total. The summed E-state index contributed by atoms with van der Waals surface area (Å²) in [5.74, 6) is -0.126. The molecule has 0 radical (unpaired) electrons. The molecule has 2 N–H and O–H groups in total. The fraction of sp³-hybridized carbons (Fsp3) is 0.500. The molecule has 0 unspecified atom stereocenters. The minimum atomic E-state index is -0.251. The van der Waals surface area contributed by atoms with Crippen molar-refractivity contribution in [1.29, 1.82) is 0 Å². The average Bonchev–Trinajstić information content (AvgIpc) is 2.42. The van der Waals surface area contributed by atoms with Gasteiger partial charge in [-0.3, -0.25) is 9.59 Å². The van der Waals surface area contributed by atoms with Crippen LogP contribution in [-0.4, -0.2) is 29.9 Å². The van der Waals surface area contributed by atoms with Crippen molar-refractivity contribution in [3.8, 4) is 0 Å². The molecular weight excluding hydrogens is 242 g/mol. The molecule has 0 aromatic carbocycles. The number of carbonyl (C=O) groups excluding carboxylic acids is 2. The van der Waals surface area contributed by atoms with Crippen molar-refractivity contribution in [2.45, 2.75) is 27.2 Å². The second-order valence-electron chi connectivity index (χ2n) is 4.77. The summed E-state index contributed by atoms with van der Waals surface area (Å²) in [5.41, 5.74) is 0.537. The molecule has 0 aliphatic heterocycles. The van der Waals surface area contributed by atoms with Gasteiger partial charge in [0.05, 0.1) is 0 Å². The van der Waals surface area contributed by atoms with Gasteiger partial charge in [-0.1, -0.05) is 26.8 Å². The molecule has 5 heteroatoms. The van der Waals surface area contributed by atoms with Crippen LogP contribution in [0, 0.1) is 5.92 Å². The summed E-state index contributed by atoms with van der Waals surface area (Å²) in [6.45, 7) is 7.20.